The van der Waals surface area contributed by atoms with Crippen molar-refractivity contribution in [2.45, 2.75) is 39.9 Å². The molecule has 46 heavy (non-hydrogen) atoms. The van der Waals surface area contributed by atoms with Crippen molar-refractivity contribution in [1.82, 2.24) is 0 Å². The highest BCUT2D eigenvalue weighted by atomic mass is 35.5. The molecular weight excluding hydrogens is 629 g/mol. The Hall–Kier alpha value is -4.26. The van der Waals surface area contributed by atoms with E-state index >= 15 is 0 Å². The monoisotopic (exact) mass is 664 g/mol. The van der Waals surface area contributed by atoms with Crippen molar-refractivity contribution >= 4 is 23.2 Å². The van der Waals surface area contributed by atoms with E-state index in [4.69, 9.17) is 37.4 Å². The van der Waals surface area contributed by atoms with E-state index in [0.29, 0.717) is 38.6 Å². The number of phenols is 1. The molecule has 0 heterocycles. The molecule has 0 aromatic heterocycles. The zero-order chi connectivity index (χ0) is 33.2. The third-order valence-corrected chi connectivity index (χ3v) is 7.57. The Kier molecular flexibility index (Phi) is 12.3. The first-order valence-electron chi connectivity index (χ1n) is 14.9. The van der Waals surface area contributed by atoms with Crippen LogP contribution < -0.4 is 14.2 Å². The van der Waals surface area contributed by atoms with Gasteiger partial charge in [0.25, 0.3) is 0 Å². The van der Waals surface area contributed by atoms with Crippen LogP contribution in [0.25, 0.3) is 0 Å². The van der Waals surface area contributed by atoms with Crippen LogP contribution in [-0.4, -0.2) is 5.11 Å². The standard InChI is InChI=1S/C22H20ClFO2.C16H16ClFO2/c1-15(2)22(26-20-11-7-6-10-19(20)23)18-13-12-16(24)14-21(18)25-17-8-4-3-5-9-17;1-10(2)16(12-8-7-11(18)9-14(12)19)20-15-6-4-3-5-13(15)17/h3-15,22H,1-2H3;3-10,16,19H,1-2H3/t22-;16-/m00/s1. The second-order valence-electron chi connectivity index (χ2n) is 11.2. The molecule has 0 radical (unpaired) electrons. The summed E-state index contributed by atoms with van der Waals surface area (Å²) in [6.45, 7) is 8.00. The number of hydrogen-bond acceptors (Lipinski definition) is 4. The number of aromatic hydroxyl groups is 1. The molecule has 1 N–H and O–H groups in total. The molecule has 0 aliphatic carbocycles. The van der Waals surface area contributed by atoms with Gasteiger partial charge < -0.3 is 19.3 Å². The molecular formula is C38H36Cl2F2O4. The van der Waals surface area contributed by atoms with Crippen LogP contribution in [0.5, 0.6) is 28.7 Å². The third-order valence-electron chi connectivity index (χ3n) is 6.94. The zero-order valence-electron chi connectivity index (χ0n) is 26.0. The van der Waals surface area contributed by atoms with E-state index in [9.17, 15) is 13.9 Å². The normalized spacial score (nSPS) is 12.2. The van der Waals surface area contributed by atoms with Crippen molar-refractivity contribution in [3.8, 4) is 28.7 Å². The average Bonchev–Trinajstić information content (AvgIpc) is 3.02. The largest absolute Gasteiger partial charge is 0.507 e. The van der Waals surface area contributed by atoms with Crippen LogP contribution >= 0.6 is 23.2 Å². The summed E-state index contributed by atoms with van der Waals surface area (Å²) < 4.78 is 45.0. The molecule has 0 aliphatic heterocycles. The van der Waals surface area contributed by atoms with Crippen LogP contribution in [-0.2, 0) is 0 Å². The first kappa shape index (κ1) is 34.6. The van der Waals surface area contributed by atoms with Gasteiger partial charge in [0, 0.05) is 23.3 Å². The summed E-state index contributed by atoms with van der Waals surface area (Å²) in [6.07, 6.45) is -0.746. The quantitative estimate of drug-likeness (QED) is 0.161. The van der Waals surface area contributed by atoms with Crippen LogP contribution in [0.2, 0.25) is 10.0 Å². The zero-order valence-corrected chi connectivity index (χ0v) is 27.5. The lowest BCUT2D eigenvalue weighted by atomic mass is 9.97. The Labute approximate surface area is 279 Å². The Morgan fingerprint density at radius 1 is 0.543 bits per heavy atom. The van der Waals surface area contributed by atoms with Crippen LogP contribution in [0.1, 0.15) is 51.0 Å². The lowest BCUT2D eigenvalue weighted by molar-refractivity contribution is 0.150. The predicted molar refractivity (Wildman–Crippen MR) is 180 cm³/mol. The van der Waals surface area contributed by atoms with Gasteiger partial charge in [-0.3, -0.25) is 0 Å². The number of ether oxygens (including phenoxy) is 3. The molecule has 5 aromatic carbocycles. The maximum atomic E-state index is 13.9. The van der Waals surface area contributed by atoms with E-state index in [1.807, 2.05) is 88.4 Å². The van der Waals surface area contributed by atoms with Crippen LogP contribution in [0.15, 0.2) is 115 Å². The Morgan fingerprint density at radius 3 is 1.50 bits per heavy atom. The second-order valence-corrected chi connectivity index (χ2v) is 12.0. The number of phenolic OH excluding ortho intramolecular Hbond substituents is 1. The number of rotatable bonds is 10. The molecule has 0 unspecified atom stereocenters. The fraction of sp³-hybridized carbons (Fsp3) is 0.211. The minimum atomic E-state index is -0.480. The van der Waals surface area contributed by atoms with Gasteiger partial charge in [0.1, 0.15) is 52.6 Å². The summed E-state index contributed by atoms with van der Waals surface area (Å²) in [6, 6.07) is 32.2. The second kappa shape index (κ2) is 16.3. The molecule has 0 saturated carbocycles. The van der Waals surface area contributed by atoms with Gasteiger partial charge in [-0.25, -0.2) is 8.78 Å². The van der Waals surface area contributed by atoms with Crippen molar-refractivity contribution in [3.05, 3.63) is 148 Å². The molecule has 2 atom stereocenters. The first-order chi connectivity index (χ1) is 22.0. The Morgan fingerprint density at radius 2 is 1.00 bits per heavy atom. The van der Waals surface area contributed by atoms with Crippen LogP contribution in [0.3, 0.4) is 0 Å². The van der Waals surface area contributed by atoms with Gasteiger partial charge in [0.15, 0.2) is 0 Å². The maximum absolute atomic E-state index is 13.9. The van der Waals surface area contributed by atoms with E-state index in [2.05, 4.69) is 0 Å². The molecule has 0 amide bonds. The minimum Gasteiger partial charge on any atom is -0.507 e. The molecule has 5 aromatic rings. The van der Waals surface area contributed by atoms with Crippen molar-refractivity contribution in [1.29, 1.82) is 0 Å². The van der Waals surface area contributed by atoms with Gasteiger partial charge in [-0.2, -0.15) is 0 Å². The highest BCUT2D eigenvalue weighted by molar-refractivity contribution is 6.32. The molecule has 0 spiro atoms. The van der Waals surface area contributed by atoms with Gasteiger partial charge in [-0.05, 0) is 72.5 Å². The van der Waals surface area contributed by atoms with E-state index < -0.39 is 11.9 Å². The van der Waals surface area contributed by atoms with Gasteiger partial charge >= 0.3 is 0 Å². The lowest BCUT2D eigenvalue weighted by Gasteiger charge is -2.25. The number of benzene rings is 5. The third kappa shape index (κ3) is 9.38. The van der Waals surface area contributed by atoms with E-state index in [-0.39, 0.29) is 29.5 Å². The highest BCUT2D eigenvalue weighted by Gasteiger charge is 2.24. The molecule has 5 rings (SSSR count). The molecule has 0 aliphatic rings. The van der Waals surface area contributed by atoms with Gasteiger partial charge in [-0.1, -0.05) is 93.4 Å². The maximum Gasteiger partial charge on any atom is 0.138 e. The number of para-hydroxylation sites is 3. The summed E-state index contributed by atoms with van der Waals surface area (Å²) in [5, 5.41) is 10.9. The van der Waals surface area contributed by atoms with Crippen LogP contribution in [0.4, 0.5) is 8.78 Å². The molecule has 0 fully saturated rings. The number of hydrogen-bond donors (Lipinski definition) is 1. The molecule has 8 heteroatoms. The lowest BCUT2D eigenvalue weighted by Crippen LogP contribution is -2.15. The van der Waals surface area contributed by atoms with E-state index in [1.165, 1.54) is 24.3 Å². The van der Waals surface area contributed by atoms with Crippen molar-refractivity contribution < 1.29 is 28.1 Å². The summed E-state index contributed by atoms with van der Waals surface area (Å²) >= 11 is 12.3. The van der Waals surface area contributed by atoms with Crippen molar-refractivity contribution in [3.63, 3.8) is 0 Å². The smallest absolute Gasteiger partial charge is 0.138 e. The van der Waals surface area contributed by atoms with E-state index in [0.717, 1.165) is 11.6 Å². The van der Waals surface area contributed by atoms with Gasteiger partial charge in [0.05, 0.1) is 10.0 Å². The summed E-state index contributed by atoms with van der Waals surface area (Å²) in [5.41, 5.74) is 1.31. The summed E-state index contributed by atoms with van der Waals surface area (Å²) in [5.74, 6) is 1.45. The molecule has 0 saturated heterocycles. The van der Waals surface area contributed by atoms with Crippen LogP contribution in [0, 0.1) is 23.5 Å². The fourth-order valence-corrected chi connectivity index (χ4v) is 5.04. The summed E-state index contributed by atoms with van der Waals surface area (Å²) in [4.78, 5) is 0. The SMILES string of the molecule is CC(C)[C@H](Oc1ccccc1Cl)c1ccc(F)cc1O.CC(C)[C@H](Oc1ccccc1Cl)c1ccc(F)cc1Oc1ccccc1. The minimum absolute atomic E-state index is 0.0858. The Bertz CT molecular complexity index is 1710. The molecule has 240 valence electrons. The number of halogens is 4. The van der Waals surface area contributed by atoms with Crippen molar-refractivity contribution in [2.24, 2.45) is 11.8 Å². The first-order valence-corrected chi connectivity index (χ1v) is 15.6. The van der Waals surface area contributed by atoms with E-state index in [1.54, 1.807) is 24.3 Å². The molecule has 4 nitrogen and oxygen atoms in total. The fourth-order valence-electron chi connectivity index (χ4n) is 4.68. The molecule has 0 bridgehead atoms. The topological polar surface area (TPSA) is 47.9 Å². The summed E-state index contributed by atoms with van der Waals surface area (Å²) in [7, 11) is 0. The van der Waals surface area contributed by atoms with Crippen molar-refractivity contribution in [2.75, 3.05) is 0 Å². The van der Waals surface area contributed by atoms with Gasteiger partial charge in [0.2, 0.25) is 0 Å². The Balaban J connectivity index is 0.000000216. The predicted octanol–water partition coefficient (Wildman–Crippen LogP) is 12.0. The average molecular weight is 666 g/mol. The highest BCUT2D eigenvalue weighted by Crippen LogP contribution is 2.39. The van der Waals surface area contributed by atoms with Gasteiger partial charge in [-0.15, -0.1) is 0 Å².